The second-order valence-corrected chi connectivity index (χ2v) is 8.78. The van der Waals surface area contributed by atoms with Crippen molar-refractivity contribution < 1.29 is 19.0 Å². The number of carbonyl (C=O) groups excluding carboxylic acids is 1. The molecule has 158 valence electrons. The van der Waals surface area contributed by atoms with Gasteiger partial charge in [0.05, 0.1) is 0 Å². The number of carbonyl (C=O) groups is 1. The topological polar surface area (TPSA) is 77.0 Å². The Morgan fingerprint density at radius 1 is 1.28 bits per heavy atom. The summed E-state index contributed by atoms with van der Waals surface area (Å²) in [6.45, 7) is 7.44. The molecule has 8 nitrogen and oxygen atoms in total. The molecule has 0 atom stereocenters. The normalized spacial score (nSPS) is 12.7. The van der Waals surface area contributed by atoms with E-state index in [0.29, 0.717) is 25.4 Å². The SMILES string of the molecule is CN(CCCN(Cc1ccc2c(c1)OCO2)C(=O)OC(C)(C)C)c1nc(Cl)ns1. The van der Waals surface area contributed by atoms with E-state index < -0.39 is 5.60 Å². The Labute approximate surface area is 179 Å². The molecule has 0 fully saturated rings. The number of nitrogens with zero attached hydrogens (tertiary/aromatic N) is 4. The third kappa shape index (κ3) is 6.11. The number of benzene rings is 1. The van der Waals surface area contributed by atoms with Gasteiger partial charge in [0.15, 0.2) is 11.5 Å². The molecular weight excluding hydrogens is 416 g/mol. The van der Waals surface area contributed by atoms with E-state index in [1.165, 1.54) is 11.5 Å². The molecule has 2 aromatic rings. The van der Waals surface area contributed by atoms with Crippen molar-refractivity contribution in [1.82, 2.24) is 14.3 Å². The van der Waals surface area contributed by atoms with Crippen molar-refractivity contribution in [3.8, 4) is 11.5 Å². The van der Waals surface area contributed by atoms with E-state index in [9.17, 15) is 4.79 Å². The second kappa shape index (κ2) is 9.04. The first-order valence-electron chi connectivity index (χ1n) is 9.28. The number of ether oxygens (including phenoxy) is 3. The fourth-order valence-electron chi connectivity index (χ4n) is 2.77. The Balaban J connectivity index is 1.63. The highest BCUT2D eigenvalue weighted by molar-refractivity contribution is 7.09. The minimum atomic E-state index is -0.565. The average Bonchev–Trinajstić information content (AvgIpc) is 3.27. The molecule has 1 amide bonds. The fourth-order valence-corrected chi connectivity index (χ4v) is 3.56. The van der Waals surface area contributed by atoms with Gasteiger partial charge in [-0.05, 0) is 56.5 Å². The summed E-state index contributed by atoms with van der Waals surface area (Å²) in [7, 11) is 1.92. The summed E-state index contributed by atoms with van der Waals surface area (Å²) in [4.78, 5) is 20.6. The Morgan fingerprint density at radius 3 is 2.72 bits per heavy atom. The van der Waals surface area contributed by atoms with Crippen LogP contribution in [0.15, 0.2) is 18.2 Å². The molecule has 0 unspecified atom stereocenters. The van der Waals surface area contributed by atoms with Gasteiger partial charge in [-0.2, -0.15) is 9.36 Å². The number of rotatable bonds is 7. The molecule has 1 aliphatic rings. The minimum Gasteiger partial charge on any atom is -0.454 e. The van der Waals surface area contributed by atoms with Crippen LogP contribution in [0.25, 0.3) is 0 Å². The molecule has 1 aromatic heterocycles. The predicted molar refractivity (Wildman–Crippen MR) is 112 cm³/mol. The Bertz CT molecular complexity index is 855. The van der Waals surface area contributed by atoms with Gasteiger partial charge in [0.1, 0.15) is 5.60 Å². The summed E-state index contributed by atoms with van der Waals surface area (Å²) < 4.78 is 20.4. The van der Waals surface area contributed by atoms with Crippen LogP contribution in [0.1, 0.15) is 32.8 Å². The zero-order valence-electron chi connectivity index (χ0n) is 17.0. The summed E-state index contributed by atoms with van der Waals surface area (Å²) in [5.41, 5.74) is 0.383. The highest BCUT2D eigenvalue weighted by atomic mass is 35.5. The molecule has 29 heavy (non-hydrogen) atoms. The van der Waals surface area contributed by atoms with E-state index in [1.54, 1.807) is 4.90 Å². The van der Waals surface area contributed by atoms with Crippen LogP contribution in [-0.4, -0.2) is 52.9 Å². The van der Waals surface area contributed by atoms with Crippen molar-refractivity contribution in [2.45, 2.75) is 39.3 Å². The molecule has 2 heterocycles. The number of hydrogen-bond acceptors (Lipinski definition) is 8. The number of hydrogen-bond donors (Lipinski definition) is 0. The van der Waals surface area contributed by atoms with E-state index in [2.05, 4.69) is 9.36 Å². The lowest BCUT2D eigenvalue weighted by molar-refractivity contribution is 0.0232. The number of amides is 1. The van der Waals surface area contributed by atoms with Crippen molar-refractivity contribution in [2.75, 3.05) is 31.8 Å². The standard InChI is InChI=1S/C19H25ClN4O4S/c1-19(2,3)28-18(25)24(9-5-8-23(4)17-21-16(20)22-29-17)11-13-6-7-14-15(10-13)27-12-26-14/h6-7,10H,5,8-9,11-12H2,1-4H3. The summed E-state index contributed by atoms with van der Waals surface area (Å²) in [6, 6.07) is 5.69. The lowest BCUT2D eigenvalue weighted by Crippen LogP contribution is -2.38. The first-order chi connectivity index (χ1) is 13.7. The fraction of sp³-hybridized carbons (Fsp3) is 0.526. The quantitative estimate of drug-likeness (QED) is 0.638. The Hall–Kier alpha value is -2.26. The molecule has 1 aromatic carbocycles. The first kappa shape index (κ1) is 21.4. The zero-order valence-corrected chi connectivity index (χ0v) is 18.5. The summed E-state index contributed by atoms with van der Waals surface area (Å²) >= 11 is 7.04. The first-order valence-corrected chi connectivity index (χ1v) is 10.4. The van der Waals surface area contributed by atoms with E-state index in [0.717, 1.165) is 22.9 Å². The molecule has 3 rings (SSSR count). The molecule has 0 N–H and O–H groups in total. The Kier molecular flexibility index (Phi) is 6.69. The molecule has 0 radical (unpaired) electrons. The number of aromatic nitrogens is 2. The van der Waals surface area contributed by atoms with Crippen molar-refractivity contribution in [3.63, 3.8) is 0 Å². The molecule has 0 bridgehead atoms. The van der Waals surface area contributed by atoms with Gasteiger partial charge in [0.25, 0.3) is 0 Å². The molecule has 0 spiro atoms. The van der Waals surface area contributed by atoms with Crippen molar-refractivity contribution >= 4 is 34.4 Å². The van der Waals surface area contributed by atoms with Gasteiger partial charge in [0, 0.05) is 38.2 Å². The Morgan fingerprint density at radius 2 is 2.03 bits per heavy atom. The molecular formula is C19H25ClN4O4S. The number of halogens is 1. The maximum atomic E-state index is 12.7. The van der Waals surface area contributed by atoms with Gasteiger partial charge in [-0.15, -0.1) is 0 Å². The lowest BCUT2D eigenvalue weighted by Gasteiger charge is -2.28. The van der Waals surface area contributed by atoms with Gasteiger partial charge < -0.3 is 24.0 Å². The molecule has 0 saturated heterocycles. The van der Waals surface area contributed by atoms with Gasteiger partial charge in [-0.3, -0.25) is 0 Å². The minimum absolute atomic E-state index is 0.219. The number of anilines is 1. The van der Waals surface area contributed by atoms with Crippen LogP contribution in [0, 0.1) is 0 Å². The van der Waals surface area contributed by atoms with Crippen LogP contribution in [0.4, 0.5) is 9.93 Å². The summed E-state index contributed by atoms with van der Waals surface area (Å²) in [6.07, 6.45) is 0.383. The van der Waals surface area contributed by atoms with Crippen LogP contribution in [0.3, 0.4) is 0 Å². The third-order valence-corrected chi connectivity index (χ3v) is 5.20. The van der Waals surface area contributed by atoms with Crippen LogP contribution in [-0.2, 0) is 11.3 Å². The van der Waals surface area contributed by atoms with Gasteiger partial charge >= 0.3 is 6.09 Å². The smallest absolute Gasteiger partial charge is 0.410 e. The third-order valence-electron chi connectivity index (χ3n) is 4.10. The van der Waals surface area contributed by atoms with Crippen molar-refractivity contribution in [1.29, 1.82) is 0 Å². The van der Waals surface area contributed by atoms with E-state index >= 15 is 0 Å². The van der Waals surface area contributed by atoms with Crippen LogP contribution >= 0.6 is 23.1 Å². The average molecular weight is 441 g/mol. The van der Waals surface area contributed by atoms with Crippen molar-refractivity contribution in [2.24, 2.45) is 0 Å². The van der Waals surface area contributed by atoms with Gasteiger partial charge in [0.2, 0.25) is 17.2 Å². The molecule has 0 aliphatic carbocycles. The maximum Gasteiger partial charge on any atom is 0.410 e. The van der Waals surface area contributed by atoms with E-state index in [-0.39, 0.29) is 18.2 Å². The van der Waals surface area contributed by atoms with Gasteiger partial charge in [-0.25, -0.2) is 4.79 Å². The monoisotopic (exact) mass is 440 g/mol. The van der Waals surface area contributed by atoms with Crippen LogP contribution < -0.4 is 14.4 Å². The number of fused-ring (bicyclic) bond motifs is 1. The van der Waals surface area contributed by atoms with Crippen LogP contribution in [0.5, 0.6) is 11.5 Å². The zero-order chi connectivity index (χ0) is 21.0. The lowest BCUT2D eigenvalue weighted by atomic mass is 10.2. The van der Waals surface area contributed by atoms with E-state index in [4.69, 9.17) is 25.8 Å². The second-order valence-electron chi connectivity index (χ2n) is 7.71. The predicted octanol–water partition coefficient (Wildman–Crippen LogP) is 4.18. The highest BCUT2D eigenvalue weighted by Crippen LogP contribution is 2.33. The molecule has 0 saturated carbocycles. The maximum absolute atomic E-state index is 12.7. The summed E-state index contributed by atoms with van der Waals surface area (Å²) in [5.74, 6) is 1.41. The van der Waals surface area contributed by atoms with Crippen molar-refractivity contribution in [3.05, 3.63) is 29.0 Å². The van der Waals surface area contributed by atoms with Crippen LogP contribution in [0.2, 0.25) is 5.28 Å². The molecule has 10 heteroatoms. The summed E-state index contributed by atoms with van der Waals surface area (Å²) in [5, 5.41) is 0.990. The molecule has 1 aliphatic heterocycles. The van der Waals surface area contributed by atoms with Gasteiger partial charge in [-0.1, -0.05) is 6.07 Å². The largest absolute Gasteiger partial charge is 0.454 e. The van der Waals surface area contributed by atoms with E-state index in [1.807, 2.05) is 50.9 Å². The highest BCUT2D eigenvalue weighted by Gasteiger charge is 2.23.